The first-order valence-corrected chi connectivity index (χ1v) is 12.2. The predicted molar refractivity (Wildman–Crippen MR) is 124 cm³/mol. The number of nitrogens with zero attached hydrogens (tertiary/aromatic N) is 2. The molecular weight excluding hydrogens is 417 g/mol. The highest BCUT2D eigenvalue weighted by molar-refractivity contribution is 6.32. The van der Waals surface area contributed by atoms with Crippen LogP contribution in [0.3, 0.4) is 0 Å². The largest absolute Gasteiger partial charge is 0.382 e. The van der Waals surface area contributed by atoms with E-state index in [1.165, 1.54) is 5.57 Å². The fourth-order valence-electron chi connectivity index (χ4n) is 6.12. The monoisotopic (exact) mass is 447 g/mol. The van der Waals surface area contributed by atoms with Gasteiger partial charge in [0.05, 0.1) is 5.38 Å². The first-order chi connectivity index (χ1) is 14.6. The number of amidine groups is 1. The Balaban J connectivity index is 1.48. The molecule has 2 fully saturated rings. The molecule has 3 aliphatic heterocycles. The van der Waals surface area contributed by atoms with Crippen LogP contribution < -0.4 is 5.32 Å². The Labute approximate surface area is 189 Å². The van der Waals surface area contributed by atoms with Crippen LogP contribution in [-0.2, 0) is 0 Å². The van der Waals surface area contributed by atoms with Crippen LogP contribution in [0.15, 0.2) is 52.1 Å². The van der Waals surface area contributed by atoms with Crippen molar-refractivity contribution in [1.82, 2.24) is 10.2 Å². The Kier molecular flexibility index (Phi) is 5.87. The topological polar surface area (TPSA) is 47.9 Å². The van der Waals surface area contributed by atoms with Gasteiger partial charge in [0.15, 0.2) is 0 Å². The number of nitrogens with one attached hydrogen (secondary N) is 1. The maximum absolute atomic E-state index is 11.6. The number of fused-ring (bicyclic) bond motifs is 2. The van der Waals surface area contributed by atoms with Crippen LogP contribution in [0.25, 0.3) is 0 Å². The Hall–Kier alpha value is -1.07. The molecule has 0 spiro atoms. The third-order valence-electron chi connectivity index (χ3n) is 7.40. The molecule has 4 nitrogen and oxygen atoms in total. The van der Waals surface area contributed by atoms with Gasteiger partial charge in [-0.05, 0) is 50.5 Å². The van der Waals surface area contributed by atoms with Crippen LogP contribution in [0.5, 0.6) is 0 Å². The van der Waals surface area contributed by atoms with E-state index >= 15 is 0 Å². The summed E-state index contributed by atoms with van der Waals surface area (Å²) in [6.07, 6.45) is 19.7. The molecule has 2 saturated heterocycles. The number of aliphatic hydroxyl groups is 1. The van der Waals surface area contributed by atoms with E-state index in [0.717, 1.165) is 68.9 Å². The van der Waals surface area contributed by atoms with E-state index in [1.807, 2.05) is 6.08 Å². The summed E-state index contributed by atoms with van der Waals surface area (Å²) in [7, 11) is 0. The summed E-state index contributed by atoms with van der Waals surface area (Å²) in [5, 5.41) is 15.8. The van der Waals surface area contributed by atoms with Gasteiger partial charge in [0.25, 0.3) is 0 Å². The number of piperidine rings is 1. The summed E-state index contributed by atoms with van der Waals surface area (Å²) >= 11 is 13.6. The molecule has 0 amide bonds. The number of halogens is 2. The third kappa shape index (κ3) is 3.70. The number of aliphatic imine (C=N–C) groups is 1. The molecule has 162 valence electrons. The van der Waals surface area contributed by atoms with E-state index in [9.17, 15) is 5.11 Å². The number of hydrogen-bond acceptors (Lipinski definition) is 4. The van der Waals surface area contributed by atoms with E-state index in [2.05, 4.69) is 45.6 Å². The standard InChI is InChI=1S/C24H31Cl2N3O/c25-20-8-3-1-6-18(20)22(19-7-2-4-9-21(19)26)29-16-10-11-17(29)15-24(30,14-16)23-27-12-5-13-28-23/h1,3,6-9,16-18,20,22,30H,2,4-5,10-15H2,(H,27,28). The zero-order chi connectivity index (χ0) is 20.7. The maximum Gasteiger partial charge on any atom is 0.129 e. The molecule has 0 saturated carbocycles. The predicted octanol–water partition coefficient (Wildman–Crippen LogP) is 4.30. The van der Waals surface area contributed by atoms with Crippen LogP contribution in [0.2, 0.25) is 0 Å². The SMILES string of the molecule is OC1(C2=NCCCN2)CC2CCC(C1)N2C(C1=CCCC=C1Cl)C1C=CC=CC1Cl. The van der Waals surface area contributed by atoms with E-state index in [0.29, 0.717) is 12.1 Å². The molecule has 3 heterocycles. The van der Waals surface area contributed by atoms with Crippen molar-refractivity contribution in [3.05, 3.63) is 47.1 Å². The number of hydrogen-bond donors (Lipinski definition) is 2. The van der Waals surface area contributed by atoms with Gasteiger partial charge in [0.1, 0.15) is 11.4 Å². The highest BCUT2D eigenvalue weighted by atomic mass is 35.5. The molecule has 2 N–H and O–H groups in total. The average Bonchev–Trinajstić information content (AvgIpc) is 3.02. The minimum absolute atomic E-state index is 0.0584. The Morgan fingerprint density at radius 2 is 1.87 bits per heavy atom. The fraction of sp³-hybridized carbons (Fsp3) is 0.625. The van der Waals surface area contributed by atoms with Crippen LogP contribution in [0.4, 0.5) is 0 Å². The first kappa shape index (κ1) is 20.8. The van der Waals surface area contributed by atoms with Crippen molar-refractivity contribution in [2.75, 3.05) is 13.1 Å². The molecular formula is C24H31Cl2N3O. The van der Waals surface area contributed by atoms with Gasteiger partial charge in [-0.25, -0.2) is 0 Å². The summed E-state index contributed by atoms with van der Waals surface area (Å²) in [6.45, 7) is 1.72. The summed E-state index contributed by atoms with van der Waals surface area (Å²) in [6, 6.07) is 0.752. The zero-order valence-corrected chi connectivity index (χ0v) is 18.8. The lowest BCUT2D eigenvalue weighted by Crippen LogP contribution is -2.62. The van der Waals surface area contributed by atoms with Crippen molar-refractivity contribution in [2.24, 2.45) is 10.9 Å². The van der Waals surface area contributed by atoms with Gasteiger partial charge in [-0.2, -0.15) is 0 Å². The second-order valence-corrected chi connectivity index (χ2v) is 10.2. The molecule has 5 aliphatic rings. The highest BCUT2D eigenvalue weighted by Gasteiger charge is 2.54. The molecule has 5 unspecified atom stereocenters. The molecule has 0 aromatic carbocycles. The second-order valence-electron chi connectivity index (χ2n) is 9.31. The minimum Gasteiger partial charge on any atom is -0.382 e. The van der Waals surface area contributed by atoms with Crippen molar-refractivity contribution in [1.29, 1.82) is 0 Å². The summed E-state index contributed by atoms with van der Waals surface area (Å²) in [5.41, 5.74) is 0.380. The van der Waals surface area contributed by atoms with Crippen molar-refractivity contribution in [3.63, 3.8) is 0 Å². The lowest BCUT2D eigenvalue weighted by Gasteiger charge is -2.50. The summed E-state index contributed by atoms with van der Waals surface area (Å²) in [4.78, 5) is 7.30. The van der Waals surface area contributed by atoms with Gasteiger partial charge in [-0.3, -0.25) is 9.89 Å². The van der Waals surface area contributed by atoms with E-state index < -0.39 is 5.60 Å². The average molecular weight is 448 g/mol. The molecule has 6 heteroatoms. The normalized spacial score (nSPS) is 39.8. The van der Waals surface area contributed by atoms with Gasteiger partial charge >= 0.3 is 0 Å². The number of alkyl halides is 1. The smallest absolute Gasteiger partial charge is 0.129 e. The summed E-state index contributed by atoms with van der Waals surface area (Å²) < 4.78 is 0. The van der Waals surface area contributed by atoms with Crippen LogP contribution in [0, 0.1) is 5.92 Å². The van der Waals surface area contributed by atoms with E-state index in [4.69, 9.17) is 23.2 Å². The number of allylic oxidation sites excluding steroid dienone is 5. The molecule has 2 aliphatic carbocycles. The minimum atomic E-state index is -0.837. The van der Waals surface area contributed by atoms with Gasteiger partial charge in [0, 0.05) is 42.2 Å². The quantitative estimate of drug-likeness (QED) is 0.631. The van der Waals surface area contributed by atoms with Crippen LogP contribution in [0.1, 0.15) is 44.9 Å². The Morgan fingerprint density at radius 1 is 1.13 bits per heavy atom. The van der Waals surface area contributed by atoms with Gasteiger partial charge in [-0.15, -0.1) is 11.6 Å². The molecule has 0 aromatic rings. The van der Waals surface area contributed by atoms with Gasteiger partial charge in [0.2, 0.25) is 0 Å². The first-order valence-electron chi connectivity index (χ1n) is 11.4. The Morgan fingerprint density at radius 3 is 2.53 bits per heavy atom. The highest BCUT2D eigenvalue weighted by Crippen LogP contribution is 2.47. The van der Waals surface area contributed by atoms with Crippen molar-refractivity contribution >= 4 is 29.0 Å². The van der Waals surface area contributed by atoms with Crippen molar-refractivity contribution < 1.29 is 5.11 Å². The molecule has 0 aromatic heterocycles. The second kappa shape index (κ2) is 8.46. The third-order valence-corrected chi connectivity index (χ3v) is 8.21. The maximum atomic E-state index is 11.6. The van der Waals surface area contributed by atoms with E-state index in [1.54, 1.807) is 0 Å². The Bertz CT molecular complexity index is 816. The van der Waals surface area contributed by atoms with Crippen molar-refractivity contribution in [2.45, 2.75) is 74.0 Å². The number of rotatable bonds is 4. The molecule has 30 heavy (non-hydrogen) atoms. The summed E-state index contributed by atoms with van der Waals surface area (Å²) in [5.74, 6) is 0.981. The fourth-order valence-corrected chi connectivity index (χ4v) is 6.72. The molecule has 2 bridgehead atoms. The van der Waals surface area contributed by atoms with Crippen LogP contribution >= 0.6 is 23.2 Å². The molecule has 0 radical (unpaired) electrons. The van der Waals surface area contributed by atoms with Gasteiger partial charge in [-0.1, -0.05) is 48.1 Å². The van der Waals surface area contributed by atoms with Crippen molar-refractivity contribution in [3.8, 4) is 0 Å². The zero-order valence-electron chi connectivity index (χ0n) is 17.3. The molecule has 5 rings (SSSR count). The van der Waals surface area contributed by atoms with Crippen LogP contribution in [-0.4, -0.2) is 58.0 Å². The molecule has 5 atom stereocenters. The van der Waals surface area contributed by atoms with E-state index in [-0.39, 0.29) is 17.3 Å². The lowest BCUT2D eigenvalue weighted by molar-refractivity contribution is -0.0245. The van der Waals surface area contributed by atoms with Gasteiger partial charge < -0.3 is 10.4 Å². The lowest BCUT2D eigenvalue weighted by atomic mass is 9.78.